The fourth-order valence-corrected chi connectivity index (χ4v) is 7.14. The second-order valence-corrected chi connectivity index (χ2v) is 18.2. The number of phosphoric acid groups is 1. The maximum absolute atomic E-state index is 12.9. The number of nitrogens with one attached hydrogen (secondary N) is 1. The third-order valence-corrected chi connectivity index (χ3v) is 11.1. The standard InChI is InChI=1S/C46H89N2O6P/c1-6-8-10-12-14-16-18-20-22-24-26-28-30-32-34-36-38-40-46(50)47-44(43-54-55(51,52)53-42-41-48(3,4)5)45(49)39-37-35-33-31-29-27-25-23-21-19-17-15-13-11-9-7-2/h20,22,29,31,37,39,44-45,49H,6-19,21,23-28,30,32-36,38,40-43H2,1-5H3,(H-,47,50,51,52)/p+1/b22-20-,31-29+,39-37+. The third kappa shape index (κ3) is 40.7. The van der Waals surface area contributed by atoms with Gasteiger partial charge in [0.15, 0.2) is 0 Å². The van der Waals surface area contributed by atoms with E-state index in [2.05, 4.69) is 43.5 Å². The Labute approximate surface area is 340 Å². The summed E-state index contributed by atoms with van der Waals surface area (Å²) in [6.07, 6.45) is 46.4. The first-order valence-corrected chi connectivity index (χ1v) is 24.4. The van der Waals surface area contributed by atoms with Crippen molar-refractivity contribution in [3.63, 3.8) is 0 Å². The van der Waals surface area contributed by atoms with Crippen LogP contribution in [0.1, 0.15) is 200 Å². The van der Waals surface area contributed by atoms with E-state index < -0.39 is 20.0 Å². The van der Waals surface area contributed by atoms with E-state index in [0.717, 1.165) is 38.5 Å². The molecule has 0 aromatic carbocycles. The van der Waals surface area contributed by atoms with Gasteiger partial charge in [0.25, 0.3) is 0 Å². The van der Waals surface area contributed by atoms with Gasteiger partial charge in [-0.2, -0.15) is 0 Å². The van der Waals surface area contributed by atoms with Gasteiger partial charge in [-0.05, 0) is 57.8 Å². The van der Waals surface area contributed by atoms with Crippen molar-refractivity contribution >= 4 is 13.7 Å². The van der Waals surface area contributed by atoms with Crippen LogP contribution >= 0.6 is 7.82 Å². The number of amides is 1. The van der Waals surface area contributed by atoms with E-state index >= 15 is 0 Å². The molecule has 3 atom stereocenters. The number of rotatable bonds is 41. The zero-order valence-electron chi connectivity index (χ0n) is 36.7. The van der Waals surface area contributed by atoms with E-state index in [1.807, 2.05) is 27.2 Å². The van der Waals surface area contributed by atoms with Gasteiger partial charge in [-0.15, -0.1) is 0 Å². The molecule has 55 heavy (non-hydrogen) atoms. The van der Waals surface area contributed by atoms with Crippen molar-refractivity contribution in [3.05, 3.63) is 36.5 Å². The maximum Gasteiger partial charge on any atom is 0.472 e. The normalized spacial score (nSPS) is 14.7. The van der Waals surface area contributed by atoms with Gasteiger partial charge in [0, 0.05) is 6.42 Å². The number of hydrogen-bond donors (Lipinski definition) is 3. The van der Waals surface area contributed by atoms with Crippen molar-refractivity contribution in [1.29, 1.82) is 0 Å². The number of aliphatic hydroxyl groups excluding tert-OH is 1. The molecule has 3 N–H and O–H groups in total. The van der Waals surface area contributed by atoms with Crippen molar-refractivity contribution in [2.45, 2.75) is 212 Å². The fourth-order valence-electron chi connectivity index (χ4n) is 6.40. The predicted octanol–water partition coefficient (Wildman–Crippen LogP) is 12.7. The Kier molecular flexibility index (Phi) is 37.4. The highest BCUT2D eigenvalue weighted by molar-refractivity contribution is 7.47. The molecule has 0 saturated heterocycles. The molecule has 0 rings (SSSR count). The number of unbranched alkanes of at least 4 members (excludes halogenated alkanes) is 24. The second-order valence-electron chi connectivity index (χ2n) is 16.8. The first-order chi connectivity index (χ1) is 26.5. The fraction of sp³-hybridized carbons (Fsp3) is 0.848. The quantitative estimate of drug-likeness (QED) is 0.0246. The van der Waals surface area contributed by atoms with Crippen LogP contribution in [0.15, 0.2) is 36.5 Å². The Hall–Kier alpha value is -1.28. The summed E-state index contributed by atoms with van der Waals surface area (Å²) in [6.45, 7) is 4.78. The molecule has 8 nitrogen and oxygen atoms in total. The summed E-state index contributed by atoms with van der Waals surface area (Å²) in [5.41, 5.74) is 0. The zero-order chi connectivity index (χ0) is 40.7. The van der Waals surface area contributed by atoms with Crippen molar-refractivity contribution in [1.82, 2.24) is 5.32 Å². The number of carbonyl (C=O) groups is 1. The van der Waals surface area contributed by atoms with E-state index in [1.165, 1.54) is 141 Å². The topological polar surface area (TPSA) is 105 Å². The molecule has 3 unspecified atom stereocenters. The summed E-state index contributed by atoms with van der Waals surface area (Å²) in [5, 5.41) is 13.8. The summed E-state index contributed by atoms with van der Waals surface area (Å²) in [4.78, 5) is 23.1. The van der Waals surface area contributed by atoms with Crippen LogP contribution in [0.4, 0.5) is 0 Å². The van der Waals surface area contributed by atoms with Gasteiger partial charge < -0.3 is 19.8 Å². The number of hydrogen-bond acceptors (Lipinski definition) is 5. The molecule has 0 aliphatic heterocycles. The minimum Gasteiger partial charge on any atom is -0.387 e. The lowest BCUT2D eigenvalue weighted by molar-refractivity contribution is -0.870. The van der Waals surface area contributed by atoms with Crippen LogP contribution in [0.5, 0.6) is 0 Å². The lowest BCUT2D eigenvalue weighted by Gasteiger charge is -2.25. The molecule has 0 aliphatic rings. The summed E-state index contributed by atoms with van der Waals surface area (Å²) in [6, 6.07) is -0.863. The van der Waals surface area contributed by atoms with Gasteiger partial charge in [0.05, 0.1) is 39.9 Å². The van der Waals surface area contributed by atoms with Gasteiger partial charge >= 0.3 is 7.82 Å². The predicted molar refractivity (Wildman–Crippen MR) is 235 cm³/mol. The largest absolute Gasteiger partial charge is 0.472 e. The highest BCUT2D eigenvalue weighted by atomic mass is 31.2. The first-order valence-electron chi connectivity index (χ1n) is 22.9. The SMILES string of the molecule is CCCCCCCC/C=C\CCCCCCCCCC(=O)NC(COP(=O)(O)OCC[N+](C)(C)C)C(O)/C=C/CC/C=C/CCCCCCCCCCCC. The Bertz CT molecular complexity index is 995. The monoisotopic (exact) mass is 798 g/mol. The van der Waals surface area contributed by atoms with Crippen LogP contribution in [0.2, 0.25) is 0 Å². The van der Waals surface area contributed by atoms with Crippen LogP contribution < -0.4 is 5.32 Å². The van der Waals surface area contributed by atoms with Gasteiger partial charge in [-0.3, -0.25) is 13.8 Å². The third-order valence-electron chi connectivity index (χ3n) is 10.1. The summed E-state index contributed by atoms with van der Waals surface area (Å²) < 4.78 is 23.5. The molecule has 1 amide bonds. The smallest absolute Gasteiger partial charge is 0.387 e. The van der Waals surface area contributed by atoms with Crippen LogP contribution in [0.25, 0.3) is 0 Å². The van der Waals surface area contributed by atoms with Gasteiger partial charge in [0.2, 0.25) is 5.91 Å². The molecule has 0 spiro atoms. The van der Waals surface area contributed by atoms with Crippen molar-refractivity contribution < 1.29 is 32.9 Å². The lowest BCUT2D eigenvalue weighted by Crippen LogP contribution is -2.45. The molecule has 0 heterocycles. The van der Waals surface area contributed by atoms with Crippen LogP contribution in [0, 0.1) is 0 Å². The highest BCUT2D eigenvalue weighted by Crippen LogP contribution is 2.43. The molecule has 0 saturated carbocycles. The van der Waals surface area contributed by atoms with Crippen LogP contribution in [-0.4, -0.2) is 73.4 Å². The molecule has 0 radical (unpaired) electrons. The number of aliphatic hydroxyl groups is 1. The van der Waals surface area contributed by atoms with E-state index in [-0.39, 0.29) is 19.1 Å². The van der Waals surface area contributed by atoms with E-state index in [9.17, 15) is 19.4 Å². The van der Waals surface area contributed by atoms with E-state index in [4.69, 9.17) is 9.05 Å². The molecule has 0 fully saturated rings. The second kappa shape index (κ2) is 38.2. The Balaban J connectivity index is 4.46. The molecule has 324 valence electrons. The van der Waals surface area contributed by atoms with Crippen molar-refractivity contribution in [3.8, 4) is 0 Å². The molecule has 0 bridgehead atoms. The van der Waals surface area contributed by atoms with Gasteiger partial charge in [-0.1, -0.05) is 172 Å². The Morgan fingerprint density at radius 3 is 1.45 bits per heavy atom. The zero-order valence-corrected chi connectivity index (χ0v) is 37.6. The summed E-state index contributed by atoms with van der Waals surface area (Å²) in [7, 11) is 1.55. The van der Waals surface area contributed by atoms with Crippen LogP contribution in [0.3, 0.4) is 0 Å². The summed E-state index contributed by atoms with van der Waals surface area (Å²) in [5.74, 6) is -0.192. The average molecular weight is 798 g/mol. The summed E-state index contributed by atoms with van der Waals surface area (Å²) >= 11 is 0. The number of phosphoric ester groups is 1. The number of nitrogens with zero attached hydrogens (tertiary/aromatic N) is 1. The van der Waals surface area contributed by atoms with Crippen LogP contribution in [-0.2, 0) is 18.4 Å². The van der Waals surface area contributed by atoms with Crippen molar-refractivity contribution in [2.75, 3.05) is 40.9 Å². The number of likely N-dealkylation sites (N-methyl/N-ethyl adjacent to an activating group) is 1. The molecule has 0 aromatic rings. The van der Waals surface area contributed by atoms with E-state index in [1.54, 1.807) is 6.08 Å². The number of carbonyl (C=O) groups excluding carboxylic acids is 1. The van der Waals surface area contributed by atoms with Gasteiger partial charge in [-0.25, -0.2) is 4.57 Å². The average Bonchev–Trinajstić information content (AvgIpc) is 3.13. The minimum atomic E-state index is -4.34. The lowest BCUT2D eigenvalue weighted by atomic mass is 10.1. The number of allylic oxidation sites excluding steroid dienone is 5. The number of quaternary nitrogens is 1. The molecule has 9 heteroatoms. The highest BCUT2D eigenvalue weighted by Gasteiger charge is 2.27. The molecular weight excluding hydrogens is 707 g/mol. The molecule has 0 aliphatic carbocycles. The van der Waals surface area contributed by atoms with E-state index in [0.29, 0.717) is 17.4 Å². The maximum atomic E-state index is 12.9. The molecular formula is C46H90N2O6P+. The van der Waals surface area contributed by atoms with Crippen molar-refractivity contribution in [2.24, 2.45) is 0 Å². The Morgan fingerprint density at radius 1 is 0.600 bits per heavy atom. The molecule has 0 aromatic heterocycles. The van der Waals surface area contributed by atoms with Gasteiger partial charge in [0.1, 0.15) is 13.2 Å². The minimum absolute atomic E-state index is 0.0554. The Morgan fingerprint density at radius 2 is 1.00 bits per heavy atom. The first kappa shape index (κ1) is 53.7.